The van der Waals surface area contributed by atoms with Crippen LogP contribution in [0.25, 0.3) is 0 Å². The number of carboxylic acid groups (broad SMARTS) is 1. The van der Waals surface area contributed by atoms with Gasteiger partial charge in [-0.25, -0.2) is 0 Å². The van der Waals surface area contributed by atoms with Crippen molar-refractivity contribution in [1.82, 2.24) is 0 Å². The van der Waals surface area contributed by atoms with Crippen LogP contribution in [0.5, 0.6) is 0 Å². The van der Waals surface area contributed by atoms with Gasteiger partial charge in [0.2, 0.25) is 0 Å². The summed E-state index contributed by atoms with van der Waals surface area (Å²) in [6.45, 7) is 2.44. The summed E-state index contributed by atoms with van der Waals surface area (Å²) in [6.07, 6.45) is 13.2. The molecule has 0 heterocycles. The average Bonchev–Trinajstić information content (AvgIpc) is 2.31. The maximum atomic E-state index is 10.3. The lowest BCUT2D eigenvalue weighted by Crippen LogP contribution is -1.95. The summed E-state index contributed by atoms with van der Waals surface area (Å²) in [7, 11) is 0. The van der Waals surface area contributed by atoms with Crippen LogP contribution in [0.1, 0.15) is 64.7 Å². The van der Waals surface area contributed by atoms with Crippen LogP contribution < -0.4 is 0 Å². The second kappa shape index (κ2) is 12.6. The SMILES string of the molecule is CC(C/C=C\CCCCCCCC(=O)O)CCO. The molecule has 0 aromatic carbocycles. The fraction of sp³-hybridized carbons (Fsp3) is 0.800. The number of carbonyl (C=O) groups is 1. The summed E-state index contributed by atoms with van der Waals surface area (Å²) in [4.78, 5) is 10.3. The molecule has 0 fully saturated rings. The normalized spacial score (nSPS) is 13.0. The van der Waals surface area contributed by atoms with E-state index < -0.39 is 5.97 Å². The molecule has 0 saturated heterocycles. The van der Waals surface area contributed by atoms with Crippen molar-refractivity contribution in [2.45, 2.75) is 64.7 Å². The first kappa shape index (κ1) is 17.2. The standard InChI is InChI=1S/C15H28O3/c1-14(12-13-16)10-8-6-4-2-3-5-7-9-11-15(17)18/h6,8,14,16H,2-5,7,9-13H2,1H3,(H,17,18)/b8-6-. The van der Waals surface area contributed by atoms with Crippen LogP contribution in [-0.2, 0) is 4.79 Å². The molecule has 0 aliphatic heterocycles. The molecule has 0 bridgehead atoms. The lowest BCUT2D eigenvalue weighted by molar-refractivity contribution is -0.137. The number of hydrogen-bond donors (Lipinski definition) is 2. The maximum Gasteiger partial charge on any atom is 0.303 e. The van der Waals surface area contributed by atoms with Crippen LogP contribution in [0.4, 0.5) is 0 Å². The van der Waals surface area contributed by atoms with Crippen LogP contribution >= 0.6 is 0 Å². The van der Waals surface area contributed by atoms with Crippen molar-refractivity contribution >= 4 is 5.97 Å². The van der Waals surface area contributed by atoms with Gasteiger partial charge in [-0.05, 0) is 38.0 Å². The Hall–Kier alpha value is -0.830. The summed E-state index contributed by atoms with van der Waals surface area (Å²) < 4.78 is 0. The quantitative estimate of drug-likeness (QED) is 0.413. The third-order valence-corrected chi connectivity index (χ3v) is 3.09. The second-order valence-corrected chi connectivity index (χ2v) is 5.02. The fourth-order valence-electron chi connectivity index (χ4n) is 1.85. The lowest BCUT2D eigenvalue weighted by atomic mass is 10.0. The Balaban J connectivity index is 3.19. The number of rotatable bonds is 12. The molecule has 1 atom stereocenters. The Labute approximate surface area is 111 Å². The third kappa shape index (κ3) is 13.2. The van der Waals surface area contributed by atoms with Crippen LogP contribution in [-0.4, -0.2) is 22.8 Å². The maximum absolute atomic E-state index is 10.3. The summed E-state index contributed by atoms with van der Waals surface area (Å²) in [5.41, 5.74) is 0. The highest BCUT2D eigenvalue weighted by molar-refractivity contribution is 5.66. The molecule has 3 heteroatoms. The van der Waals surface area contributed by atoms with Gasteiger partial charge in [0.15, 0.2) is 0 Å². The van der Waals surface area contributed by atoms with Gasteiger partial charge in [0.25, 0.3) is 0 Å². The predicted octanol–water partition coefficient (Wildman–Crippen LogP) is 3.77. The Morgan fingerprint density at radius 1 is 1.11 bits per heavy atom. The molecule has 0 spiro atoms. The number of aliphatic hydroxyl groups excluding tert-OH is 1. The van der Waals surface area contributed by atoms with E-state index >= 15 is 0 Å². The van der Waals surface area contributed by atoms with Crippen molar-refractivity contribution < 1.29 is 15.0 Å². The van der Waals surface area contributed by atoms with Crippen LogP contribution in [0.2, 0.25) is 0 Å². The van der Waals surface area contributed by atoms with E-state index in [1.165, 1.54) is 12.8 Å². The van der Waals surface area contributed by atoms with E-state index in [9.17, 15) is 4.79 Å². The highest BCUT2D eigenvalue weighted by Gasteiger charge is 1.97. The van der Waals surface area contributed by atoms with Crippen molar-refractivity contribution in [2.24, 2.45) is 5.92 Å². The van der Waals surface area contributed by atoms with Crippen molar-refractivity contribution in [2.75, 3.05) is 6.61 Å². The molecule has 3 nitrogen and oxygen atoms in total. The molecule has 0 saturated carbocycles. The highest BCUT2D eigenvalue weighted by Crippen LogP contribution is 2.10. The van der Waals surface area contributed by atoms with Crippen molar-refractivity contribution in [3.8, 4) is 0 Å². The molecule has 2 N–H and O–H groups in total. The third-order valence-electron chi connectivity index (χ3n) is 3.09. The Morgan fingerprint density at radius 2 is 1.78 bits per heavy atom. The van der Waals surface area contributed by atoms with Gasteiger partial charge in [-0.15, -0.1) is 0 Å². The zero-order valence-electron chi connectivity index (χ0n) is 11.6. The van der Waals surface area contributed by atoms with Gasteiger partial charge >= 0.3 is 5.97 Å². The molecular formula is C15H28O3. The van der Waals surface area contributed by atoms with Crippen LogP contribution in [0.15, 0.2) is 12.2 Å². The van der Waals surface area contributed by atoms with Crippen molar-refractivity contribution in [3.63, 3.8) is 0 Å². The first-order chi connectivity index (χ1) is 8.66. The molecule has 18 heavy (non-hydrogen) atoms. The topological polar surface area (TPSA) is 57.5 Å². The van der Waals surface area contributed by atoms with Gasteiger partial charge in [-0.3, -0.25) is 4.79 Å². The second-order valence-electron chi connectivity index (χ2n) is 5.02. The minimum absolute atomic E-state index is 0.283. The monoisotopic (exact) mass is 256 g/mol. The molecule has 1 unspecified atom stereocenters. The molecular weight excluding hydrogens is 228 g/mol. The molecule has 0 aliphatic rings. The van der Waals surface area contributed by atoms with E-state index in [0.717, 1.165) is 38.5 Å². The number of carboxylic acids is 1. The molecule has 0 rings (SSSR count). The fourth-order valence-corrected chi connectivity index (χ4v) is 1.85. The zero-order chi connectivity index (χ0) is 13.6. The molecule has 0 radical (unpaired) electrons. The Kier molecular flexibility index (Phi) is 12.0. The van der Waals surface area contributed by atoms with Gasteiger partial charge < -0.3 is 10.2 Å². The molecule has 106 valence electrons. The average molecular weight is 256 g/mol. The number of hydrogen-bond acceptors (Lipinski definition) is 2. The van der Waals surface area contributed by atoms with E-state index in [1.807, 2.05) is 0 Å². The molecule has 0 amide bonds. The number of aliphatic hydroxyl groups is 1. The first-order valence-electron chi connectivity index (χ1n) is 7.14. The predicted molar refractivity (Wildman–Crippen MR) is 74.6 cm³/mol. The number of unbranched alkanes of at least 4 members (excludes halogenated alkanes) is 5. The van der Waals surface area contributed by atoms with E-state index in [-0.39, 0.29) is 6.61 Å². The largest absolute Gasteiger partial charge is 0.481 e. The summed E-state index contributed by atoms with van der Waals surface area (Å²) in [5, 5.41) is 17.2. The van der Waals surface area contributed by atoms with Gasteiger partial charge in [0.1, 0.15) is 0 Å². The van der Waals surface area contributed by atoms with Gasteiger partial charge in [-0.2, -0.15) is 0 Å². The zero-order valence-corrected chi connectivity index (χ0v) is 11.6. The van der Waals surface area contributed by atoms with E-state index in [1.54, 1.807) is 0 Å². The number of allylic oxidation sites excluding steroid dienone is 2. The van der Waals surface area contributed by atoms with E-state index in [0.29, 0.717) is 12.3 Å². The summed E-state index contributed by atoms with van der Waals surface area (Å²) in [6, 6.07) is 0. The van der Waals surface area contributed by atoms with Crippen molar-refractivity contribution in [3.05, 3.63) is 12.2 Å². The molecule has 0 aromatic rings. The molecule has 0 aliphatic carbocycles. The van der Waals surface area contributed by atoms with Gasteiger partial charge in [-0.1, -0.05) is 38.3 Å². The summed E-state index contributed by atoms with van der Waals surface area (Å²) >= 11 is 0. The highest BCUT2D eigenvalue weighted by atomic mass is 16.4. The van der Waals surface area contributed by atoms with E-state index in [2.05, 4.69) is 19.1 Å². The van der Waals surface area contributed by atoms with Crippen LogP contribution in [0.3, 0.4) is 0 Å². The molecule has 0 aromatic heterocycles. The minimum Gasteiger partial charge on any atom is -0.481 e. The smallest absolute Gasteiger partial charge is 0.303 e. The lowest BCUT2D eigenvalue weighted by Gasteiger charge is -2.04. The van der Waals surface area contributed by atoms with Crippen LogP contribution in [0, 0.1) is 5.92 Å². The first-order valence-corrected chi connectivity index (χ1v) is 7.14. The minimum atomic E-state index is -0.685. The summed E-state index contributed by atoms with van der Waals surface area (Å²) in [5.74, 6) is -0.114. The van der Waals surface area contributed by atoms with Crippen molar-refractivity contribution in [1.29, 1.82) is 0 Å². The Morgan fingerprint density at radius 3 is 2.44 bits per heavy atom. The van der Waals surface area contributed by atoms with Gasteiger partial charge in [0, 0.05) is 13.0 Å². The van der Waals surface area contributed by atoms with E-state index in [4.69, 9.17) is 10.2 Å². The Bertz CT molecular complexity index is 224. The van der Waals surface area contributed by atoms with Gasteiger partial charge in [0.05, 0.1) is 0 Å². The number of aliphatic carboxylic acids is 1.